The fourth-order valence-corrected chi connectivity index (χ4v) is 2.70. The molecule has 1 aliphatic rings. The first-order chi connectivity index (χ1) is 9.06. The summed E-state index contributed by atoms with van der Waals surface area (Å²) in [6.07, 6.45) is 4.81. The Morgan fingerprint density at radius 3 is 2.42 bits per heavy atom. The maximum Gasteiger partial charge on any atom is 0.251 e. The van der Waals surface area contributed by atoms with Crippen LogP contribution in [0.1, 0.15) is 42.5 Å². The lowest BCUT2D eigenvalue weighted by Gasteiger charge is -2.21. The van der Waals surface area contributed by atoms with Crippen LogP contribution in [0.15, 0.2) is 18.2 Å². The third-order valence-electron chi connectivity index (χ3n) is 3.37. The van der Waals surface area contributed by atoms with Gasteiger partial charge in [0.1, 0.15) is 11.6 Å². The minimum Gasteiger partial charge on any atom is -0.348 e. The highest BCUT2D eigenvalue weighted by atomic mass is 35.5. The van der Waals surface area contributed by atoms with Crippen LogP contribution in [0.25, 0.3) is 0 Å². The molecule has 104 valence electrons. The molecule has 0 bridgehead atoms. The van der Waals surface area contributed by atoms with Crippen LogP contribution in [-0.4, -0.2) is 17.3 Å². The van der Waals surface area contributed by atoms with Gasteiger partial charge in [0, 0.05) is 17.7 Å². The average molecular weight is 288 g/mol. The Morgan fingerprint density at radius 2 is 1.74 bits per heavy atom. The molecule has 5 heteroatoms. The van der Waals surface area contributed by atoms with E-state index >= 15 is 0 Å². The van der Waals surface area contributed by atoms with Gasteiger partial charge in [-0.25, -0.2) is 8.78 Å². The molecule has 0 radical (unpaired) electrons. The Kier molecular flexibility index (Phi) is 4.75. The number of carbonyl (C=O) groups is 1. The van der Waals surface area contributed by atoms with E-state index in [1.54, 1.807) is 0 Å². The van der Waals surface area contributed by atoms with E-state index in [4.69, 9.17) is 11.6 Å². The normalized spacial score (nSPS) is 23.7. The van der Waals surface area contributed by atoms with E-state index < -0.39 is 17.5 Å². The molecule has 2 unspecified atom stereocenters. The Morgan fingerprint density at radius 1 is 1.11 bits per heavy atom. The SMILES string of the molecule is O=C(NC1CCCCCC1Cl)c1cc(F)cc(F)c1. The number of rotatable bonds is 2. The molecule has 0 saturated heterocycles. The second-order valence-corrected chi connectivity index (χ2v) is 5.45. The zero-order valence-corrected chi connectivity index (χ0v) is 11.2. The summed E-state index contributed by atoms with van der Waals surface area (Å²) in [7, 11) is 0. The van der Waals surface area contributed by atoms with Gasteiger partial charge in [-0.3, -0.25) is 4.79 Å². The molecule has 0 spiro atoms. The molecule has 0 heterocycles. The molecule has 1 fully saturated rings. The fourth-order valence-electron chi connectivity index (χ4n) is 2.36. The van der Waals surface area contributed by atoms with Crippen molar-refractivity contribution in [3.63, 3.8) is 0 Å². The number of alkyl halides is 1. The van der Waals surface area contributed by atoms with Gasteiger partial charge in [0.15, 0.2) is 0 Å². The van der Waals surface area contributed by atoms with Gasteiger partial charge in [-0.05, 0) is 25.0 Å². The van der Waals surface area contributed by atoms with Gasteiger partial charge >= 0.3 is 0 Å². The number of hydrogen-bond acceptors (Lipinski definition) is 1. The van der Waals surface area contributed by atoms with Crippen LogP contribution >= 0.6 is 11.6 Å². The summed E-state index contributed by atoms with van der Waals surface area (Å²) < 4.78 is 26.1. The van der Waals surface area contributed by atoms with Crippen LogP contribution in [0.3, 0.4) is 0 Å². The summed E-state index contributed by atoms with van der Waals surface area (Å²) in [5, 5.41) is 2.65. The molecule has 2 atom stereocenters. The number of halogens is 3. The van der Waals surface area contributed by atoms with E-state index in [9.17, 15) is 13.6 Å². The van der Waals surface area contributed by atoms with E-state index in [0.29, 0.717) is 0 Å². The van der Waals surface area contributed by atoms with Crippen molar-refractivity contribution in [2.24, 2.45) is 0 Å². The van der Waals surface area contributed by atoms with Gasteiger partial charge < -0.3 is 5.32 Å². The lowest BCUT2D eigenvalue weighted by Crippen LogP contribution is -2.40. The predicted octanol–water partition coefficient (Wildman–Crippen LogP) is 3.63. The summed E-state index contributed by atoms with van der Waals surface area (Å²) in [4.78, 5) is 12.0. The highest BCUT2D eigenvalue weighted by molar-refractivity contribution is 6.21. The molecule has 2 rings (SSSR count). The van der Waals surface area contributed by atoms with Crippen molar-refractivity contribution >= 4 is 17.5 Å². The molecular formula is C14H16ClF2NO. The van der Waals surface area contributed by atoms with Crippen molar-refractivity contribution in [1.82, 2.24) is 5.32 Å². The smallest absolute Gasteiger partial charge is 0.251 e. The molecule has 0 aromatic heterocycles. The lowest BCUT2D eigenvalue weighted by molar-refractivity contribution is 0.0933. The van der Waals surface area contributed by atoms with Crippen LogP contribution in [-0.2, 0) is 0 Å². The standard InChI is InChI=1S/C14H16ClF2NO/c15-12-4-2-1-3-5-13(12)18-14(19)9-6-10(16)8-11(17)7-9/h6-8,12-13H,1-5H2,(H,18,19). The molecule has 19 heavy (non-hydrogen) atoms. The Balaban J connectivity index is 2.07. The molecule has 1 saturated carbocycles. The van der Waals surface area contributed by atoms with Crippen molar-refractivity contribution in [1.29, 1.82) is 0 Å². The quantitative estimate of drug-likeness (QED) is 0.653. The molecule has 1 aliphatic carbocycles. The lowest BCUT2D eigenvalue weighted by atomic mass is 10.1. The molecule has 0 aliphatic heterocycles. The Bertz CT molecular complexity index is 447. The maximum atomic E-state index is 13.1. The zero-order chi connectivity index (χ0) is 13.8. The van der Waals surface area contributed by atoms with E-state index in [0.717, 1.165) is 50.3 Å². The molecule has 2 nitrogen and oxygen atoms in total. The van der Waals surface area contributed by atoms with Crippen LogP contribution in [0.2, 0.25) is 0 Å². The number of hydrogen-bond donors (Lipinski definition) is 1. The van der Waals surface area contributed by atoms with Crippen molar-refractivity contribution in [3.8, 4) is 0 Å². The van der Waals surface area contributed by atoms with Gasteiger partial charge in [0.25, 0.3) is 5.91 Å². The van der Waals surface area contributed by atoms with E-state index in [2.05, 4.69) is 5.32 Å². The number of amides is 1. The number of carbonyl (C=O) groups excluding carboxylic acids is 1. The summed E-state index contributed by atoms with van der Waals surface area (Å²) >= 11 is 6.22. The van der Waals surface area contributed by atoms with Crippen LogP contribution < -0.4 is 5.32 Å². The van der Waals surface area contributed by atoms with Gasteiger partial charge in [0.05, 0.1) is 5.38 Å². The van der Waals surface area contributed by atoms with Crippen molar-refractivity contribution in [3.05, 3.63) is 35.4 Å². The van der Waals surface area contributed by atoms with Gasteiger partial charge in [-0.15, -0.1) is 11.6 Å². The molecule has 1 N–H and O–H groups in total. The molecule has 1 aromatic carbocycles. The topological polar surface area (TPSA) is 29.1 Å². The summed E-state index contributed by atoms with van der Waals surface area (Å²) in [6.45, 7) is 0. The molecule has 1 aromatic rings. The zero-order valence-electron chi connectivity index (χ0n) is 10.5. The third kappa shape index (κ3) is 3.90. The number of benzene rings is 1. The Labute approximate surface area is 116 Å². The first kappa shape index (κ1) is 14.3. The summed E-state index contributed by atoms with van der Waals surface area (Å²) in [5.74, 6) is -1.99. The third-order valence-corrected chi connectivity index (χ3v) is 3.90. The van der Waals surface area contributed by atoms with Crippen LogP contribution in [0.5, 0.6) is 0 Å². The monoisotopic (exact) mass is 287 g/mol. The first-order valence-corrected chi connectivity index (χ1v) is 6.91. The summed E-state index contributed by atoms with van der Waals surface area (Å²) in [5.41, 5.74) is -0.00869. The minimum absolute atomic E-state index is 0.00869. The predicted molar refractivity (Wildman–Crippen MR) is 70.3 cm³/mol. The van der Waals surface area contributed by atoms with Gasteiger partial charge in [-0.2, -0.15) is 0 Å². The average Bonchev–Trinajstić information content (AvgIpc) is 2.54. The minimum atomic E-state index is -0.756. The van der Waals surface area contributed by atoms with Crippen LogP contribution in [0.4, 0.5) is 8.78 Å². The second kappa shape index (κ2) is 6.33. The highest BCUT2D eigenvalue weighted by Gasteiger charge is 2.24. The largest absolute Gasteiger partial charge is 0.348 e. The van der Waals surface area contributed by atoms with Crippen LogP contribution in [0, 0.1) is 11.6 Å². The van der Waals surface area contributed by atoms with Gasteiger partial charge in [-0.1, -0.05) is 19.3 Å². The van der Waals surface area contributed by atoms with Crippen molar-refractivity contribution in [2.45, 2.75) is 43.5 Å². The maximum absolute atomic E-state index is 13.1. The van der Waals surface area contributed by atoms with E-state index in [-0.39, 0.29) is 17.0 Å². The summed E-state index contributed by atoms with van der Waals surface area (Å²) in [6, 6.07) is 2.66. The van der Waals surface area contributed by atoms with Gasteiger partial charge in [0.2, 0.25) is 0 Å². The van der Waals surface area contributed by atoms with Crippen molar-refractivity contribution in [2.75, 3.05) is 0 Å². The fraction of sp³-hybridized carbons (Fsp3) is 0.500. The molecule has 1 amide bonds. The molecular weight excluding hydrogens is 272 g/mol. The first-order valence-electron chi connectivity index (χ1n) is 6.47. The van der Waals surface area contributed by atoms with Crippen molar-refractivity contribution < 1.29 is 13.6 Å². The number of nitrogens with one attached hydrogen (secondary N) is 1. The van der Waals surface area contributed by atoms with E-state index in [1.807, 2.05) is 0 Å². The second-order valence-electron chi connectivity index (χ2n) is 4.89. The van der Waals surface area contributed by atoms with E-state index in [1.165, 1.54) is 0 Å². The Hall–Kier alpha value is -1.16. The highest BCUT2D eigenvalue weighted by Crippen LogP contribution is 2.22.